The van der Waals surface area contributed by atoms with Crippen LogP contribution in [0.25, 0.3) is 0 Å². The molecular formula is C11H25NO2S. The normalized spacial score (nSPS) is 16.7. The van der Waals surface area contributed by atoms with Gasteiger partial charge < -0.3 is 0 Å². The summed E-state index contributed by atoms with van der Waals surface area (Å²) in [6.45, 7) is 9.17. The van der Waals surface area contributed by atoms with Crippen LogP contribution in [0.3, 0.4) is 0 Å². The summed E-state index contributed by atoms with van der Waals surface area (Å²) in [5, 5.41) is 0. The molecule has 3 nitrogen and oxygen atoms in total. The second kappa shape index (κ2) is 5.85. The minimum Gasteiger partial charge on any atom is -0.215 e. The highest BCUT2D eigenvalue weighted by Gasteiger charge is 2.28. The van der Waals surface area contributed by atoms with E-state index >= 15 is 0 Å². The Balaban J connectivity index is 4.38. The van der Waals surface area contributed by atoms with E-state index in [9.17, 15) is 8.42 Å². The van der Waals surface area contributed by atoms with Gasteiger partial charge in [-0.05, 0) is 17.8 Å². The summed E-state index contributed by atoms with van der Waals surface area (Å²) in [6, 6.07) is 0. The van der Waals surface area contributed by atoms with Crippen LogP contribution in [-0.2, 0) is 10.0 Å². The van der Waals surface area contributed by atoms with Gasteiger partial charge in [0.2, 0.25) is 10.0 Å². The molecule has 0 saturated heterocycles. The topological polar surface area (TPSA) is 46.2 Å². The predicted molar refractivity (Wildman–Crippen MR) is 65.3 cm³/mol. The first-order chi connectivity index (χ1) is 6.71. The fourth-order valence-corrected chi connectivity index (χ4v) is 2.05. The average molecular weight is 235 g/mol. The molecular weight excluding hydrogens is 210 g/mol. The first kappa shape index (κ1) is 14.9. The van der Waals surface area contributed by atoms with E-state index in [1.54, 1.807) is 0 Å². The number of hydrogen-bond acceptors (Lipinski definition) is 2. The zero-order valence-corrected chi connectivity index (χ0v) is 11.4. The lowest BCUT2D eigenvalue weighted by molar-refractivity contribution is 0.197. The van der Waals surface area contributed by atoms with E-state index in [1.807, 2.05) is 0 Å². The largest absolute Gasteiger partial charge is 0.215 e. The molecule has 0 fully saturated rings. The monoisotopic (exact) mass is 235 g/mol. The van der Waals surface area contributed by atoms with Crippen LogP contribution in [0.5, 0.6) is 0 Å². The second-order valence-electron chi connectivity index (χ2n) is 5.01. The highest BCUT2D eigenvalue weighted by atomic mass is 32.2. The second-order valence-corrected chi connectivity index (χ2v) is 6.84. The predicted octanol–water partition coefficient (Wildman–Crippen LogP) is 2.39. The summed E-state index contributed by atoms with van der Waals surface area (Å²) < 4.78 is 24.8. The van der Waals surface area contributed by atoms with Crippen LogP contribution in [0.2, 0.25) is 0 Å². The molecule has 0 radical (unpaired) electrons. The average Bonchev–Trinajstić information content (AvgIpc) is 2.10. The summed E-state index contributed by atoms with van der Waals surface area (Å²) in [7, 11) is -3.07. The molecule has 1 N–H and O–H groups in total. The number of nitrogens with one attached hydrogen (secondary N) is 1. The SMILES string of the molecule is CCCC[C@](C)(CNS(C)(=O)=O)C(C)C. The van der Waals surface area contributed by atoms with E-state index in [-0.39, 0.29) is 5.41 Å². The first-order valence-electron chi connectivity index (χ1n) is 5.66. The lowest BCUT2D eigenvalue weighted by Crippen LogP contribution is -2.38. The molecule has 0 amide bonds. The first-order valence-corrected chi connectivity index (χ1v) is 7.55. The maximum Gasteiger partial charge on any atom is 0.208 e. The molecule has 4 heteroatoms. The molecule has 15 heavy (non-hydrogen) atoms. The van der Waals surface area contributed by atoms with E-state index in [2.05, 4.69) is 32.4 Å². The molecule has 0 spiro atoms. The van der Waals surface area contributed by atoms with Gasteiger partial charge in [-0.2, -0.15) is 0 Å². The standard InChI is InChI=1S/C11H25NO2S/c1-6-7-8-11(4,10(2)3)9-12-15(5,13)14/h10,12H,6-9H2,1-5H3/t11-/m1/s1. The Kier molecular flexibility index (Phi) is 5.81. The zero-order chi connectivity index (χ0) is 12.1. The number of rotatable bonds is 7. The summed E-state index contributed by atoms with van der Waals surface area (Å²) in [5.74, 6) is 0.485. The fourth-order valence-electron chi connectivity index (χ4n) is 1.46. The Morgan fingerprint density at radius 3 is 2.20 bits per heavy atom. The van der Waals surface area contributed by atoms with Crippen molar-refractivity contribution in [3.8, 4) is 0 Å². The summed E-state index contributed by atoms with van der Waals surface area (Å²) in [6.07, 6.45) is 4.60. The van der Waals surface area contributed by atoms with Gasteiger partial charge in [-0.25, -0.2) is 13.1 Å². The van der Waals surface area contributed by atoms with Crippen molar-refractivity contribution in [2.45, 2.75) is 47.0 Å². The van der Waals surface area contributed by atoms with Gasteiger partial charge in [0.25, 0.3) is 0 Å². The molecule has 0 aromatic carbocycles. The highest BCUT2D eigenvalue weighted by Crippen LogP contribution is 2.32. The van der Waals surface area contributed by atoms with Gasteiger partial charge in [-0.15, -0.1) is 0 Å². The third-order valence-corrected chi connectivity index (χ3v) is 3.90. The van der Waals surface area contributed by atoms with Crippen molar-refractivity contribution in [1.29, 1.82) is 0 Å². The number of hydrogen-bond donors (Lipinski definition) is 1. The van der Waals surface area contributed by atoms with E-state index in [1.165, 1.54) is 6.26 Å². The van der Waals surface area contributed by atoms with Gasteiger partial charge in [0.1, 0.15) is 0 Å². The molecule has 0 unspecified atom stereocenters. The fraction of sp³-hybridized carbons (Fsp3) is 1.00. The van der Waals surface area contributed by atoms with E-state index in [0.29, 0.717) is 12.5 Å². The maximum absolute atomic E-state index is 11.1. The van der Waals surface area contributed by atoms with Crippen molar-refractivity contribution < 1.29 is 8.42 Å². The lowest BCUT2D eigenvalue weighted by atomic mass is 9.75. The van der Waals surface area contributed by atoms with Crippen molar-refractivity contribution >= 4 is 10.0 Å². The van der Waals surface area contributed by atoms with E-state index < -0.39 is 10.0 Å². The zero-order valence-electron chi connectivity index (χ0n) is 10.6. The minimum atomic E-state index is -3.07. The van der Waals surface area contributed by atoms with Crippen LogP contribution in [0.1, 0.15) is 47.0 Å². The van der Waals surface area contributed by atoms with Crippen molar-refractivity contribution in [3.63, 3.8) is 0 Å². The number of sulfonamides is 1. The van der Waals surface area contributed by atoms with Gasteiger partial charge in [0.05, 0.1) is 6.26 Å². The van der Waals surface area contributed by atoms with Gasteiger partial charge in [-0.3, -0.25) is 0 Å². The molecule has 0 aliphatic rings. The van der Waals surface area contributed by atoms with E-state index in [4.69, 9.17) is 0 Å². The third kappa shape index (κ3) is 6.15. The Labute approximate surface area is 94.7 Å². The Morgan fingerprint density at radius 2 is 1.87 bits per heavy atom. The van der Waals surface area contributed by atoms with Crippen LogP contribution in [0.15, 0.2) is 0 Å². The maximum atomic E-state index is 11.1. The van der Waals surface area contributed by atoms with Crippen LogP contribution in [-0.4, -0.2) is 21.2 Å². The highest BCUT2D eigenvalue weighted by molar-refractivity contribution is 7.88. The molecule has 0 aromatic heterocycles. The summed E-state index contributed by atoms with van der Waals surface area (Å²) >= 11 is 0. The van der Waals surface area contributed by atoms with Gasteiger partial charge in [0.15, 0.2) is 0 Å². The van der Waals surface area contributed by atoms with Crippen molar-refractivity contribution in [2.24, 2.45) is 11.3 Å². The third-order valence-electron chi connectivity index (χ3n) is 3.23. The van der Waals surface area contributed by atoms with Crippen molar-refractivity contribution in [1.82, 2.24) is 4.72 Å². The molecule has 0 saturated carbocycles. The Morgan fingerprint density at radius 1 is 1.33 bits per heavy atom. The van der Waals surface area contributed by atoms with Gasteiger partial charge >= 0.3 is 0 Å². The van der Waals surface area contributed by atoms with E-state index in [0.717, 1.165) is 19.3 Å². The van der Waals surface area contributed by atoms with Crippen LogP contribution in [0, 0.1) is 11.3 Å². The quantitative estimate of drug-likeness (QED) is 0.736. The molecule has 92 valence electrons. The summed E-state index contributed by atoms with van der Waals surface area (Å²) in [4.78, 5) is 0. The van der Waals surface area contributed by atoms with Crippen LogP contribution < -0.4 is 4.72 Å². The van der Waals surface area contributed by atoms with Gasteiger partial charge in [0, 0.05) is 6.54 Å². The van der Waals surface area contributed by atoms with Crippen LogP contribution in [0.4, 0.5) is 0 Å². The van der Waals surface area contributed by atoms with Crippen molar-refractivity contribution in [2.75, 3.05) is 12.8 Å². The number of unbranched alkanes of at least 4 members (excludes halogenated alkanes) is 1. The molecule has 1 atom stereocenters. The molecule has 0 aromatic rings. The molecule has 0 aliphatic heterocycles. The Hall–Kier alpha value is -0.0900. The Bertz CT molecular complexity index is 272. The molecule has 0 heterocycles. The smallest absolute Gasteiger partial charge is 0.208 e. The lowest BCUT2D eigenvalue weighted by Gasteiger charge is -2.33. The van der Waals surface area contributed by atoms with Gasteiger partial charge in [-0.1, -0.05) is 40.5 Å². The van der Waals surface area contributed by atoms with Crippen molar-refractivity contribution in [3.05, 3.63) is 0 Å². The van der Waals surface area contributed by atoms with Crippen LogP contribution >= 0.6 is 0 Å². The molecule has 0 rings (SSSR count). The minimum absolute atomic E-state index is 0.0685. The molecule has 0 bridgehead atoms. The molecule has 0 aliphatic carbocycles. The summed E-state index contributed by atoms with van der Waals surface area (Å²) in [5.41, 5.74) is 0.0685.